The molecule has 0 radical (unpaired) electrons. The predicted octanol–water partition coefficient (Wildman–Crippen LogP) is 2.96. The molecule has 23 heavy (non-hydrogen) atoms. The highest BCUT2D eigenvalue weighted by Crippen LogP contribution is 2.26. The Kier molecular flexibility index (Phi) is 4.06. The number of carbonyl (C=O) groups is 2. The zero-order valence-corrected chi connectivity index (χ0v) is 12.1. The Morgan fingerprint density at radius 2 is 1.87 bits per heavy atom. The molecule has 118 valence electrons. The Hall–Kier alpha value is -2.76. The molecule has 0 aliphatic carbocycles. The summed E-state index contributed by atoms with van der Waals surface area (Å²) in [5, 5.41) is 2.41. The molecule has 0 saturated carbocycles. The van der Waals surface area contributed by atoms with Gasteiger partial charge in [0.25, 0.3) is 0 Å². The standard InChI is InChI=1S/C17H14F2N2O2/c18-12-6-7-15(14(19)9-12)20-17(23)11-8-16(22)21(10-11)13-4-2-1-3-5-13/h1-7,9,11H,8,10H2,(H,20,23)/t11-/m1/s1. The Morgan fingerprint density at radius 3 is 2.57 bits per heavy atom. The molecule has 2 amide bonds. The van der Waals surface area contributed by atoms with Crippen molar-refractivity contribution in [3.8, 4) is 0 Å². The maximum absolute atomic E-state index is 13.6. The van der Waals surface area contributed by atoms with Gasteiger partial charge in [-0.15, -0.1) is 0 Å². The van der Waals surface area contributed by atoms with E-state index in [4.69, 9.17) is 0 Å². The lowest BCUT2D eigenvalue weighted by atomic mass is 10.1. The van der Waals surface area contributed by atoms with Crippen LogP contribution in [-0.4, -0.2) is 18.4 Å². The molecular formula is C17H14F2N2O2. The lowest BCUT2D eigenvalue weighted by Crippen LogP contribution is -2.28. The van der Waals surface area contributed by atoms with E-state index >= 15 is 0 Å². The fraction of sp³-hybridized carbons (Fsp3) is 0.176. The fourth-order valence-electron chi connectivity index (χ4n) is 2.57. The van der Waals surface area contributed by atoms with Crippen molar-refractivity contribution >= 4 is 23.2 Å². The summed E-state index contributed by atoms with van der Waals surface area (Å²) >= 11 is 0. The number of nitrogens with one attached hydrogen (secondary N) is 1. The van der Waals surface area contributed by atoms with Gasteiger partial charge in [-0.25, -0.2) is 8.78 Å². The van der Waals surface area contributed by atoms with E-state index in [2.05, 4.69) is 5.32 Å². The number of benzene rings is 2. The van der Waals surface area contributed by atoms with E-state index in [0.29, 0.717) is 6.07 Å². The number of amides is 2. The van der Waals surface area contributed by atoms with E-state index < -0.39 is 23.5 Å². The van der Waals surface area contributed by atoms with Gasteiger partial charge >= 0.3 is 0 Å². The summed E-state index contributed by atoms with van der Waals surface area (Å²) in [5.74, 6) is -2.75. The number of carbonyl (C=O) groups excluding carboxylic acids is 2. The predicted molar refractivity (Wildman–Crippen MR) is 81.9 cm³/mol. The number of rotatable bonds is 3. The van der Waals surface area contributed by atoms with Gasteiger partial charge in [-0.1, -0.05) is 18.2 Å². The number of halogens is 2. The normalized spacial score (nSPS) is 17.4. The first-order valence-corrected chi connectivity index (χ1v) is 7.16. The third-order valence-electron chi connectivity index (χ3n) is 3.75. The second-order valence-electron chi connectivity index (χ2n) is 5.35. The molecule has 1 aliphatic rings. The van der Waals surface area contributed by atoms with Gasteiger partial charge in [0, 0.05) is 24.7 Å². The minimum atomic E-state index is -0.845. The second kappa shape index (κ2) is 6.16. The van der Waals surface area contributed by atoms with Crippen LogP contribution < -0.4 is 10.2 Å². The van der Waals surface area contributed by atoms with Crippen molar-refractivity contribution in [3.63, 3.8) is 0 Å². The molecule has 0 aromatic heterocycles. The van der Waals surface area contributed by atoms with Crippen LogP contribution in [0, 0.1) is 17.6 Å². The number of anilines is 2. The highest BCUT2D eigenvalue weighted by molar-refractivity contribution is 6.03. The molecule has 1 fully saturated rings. The molecule has 4 nitrogen and oxygen atoms in total. The number of hydrogen-bond acceptors (Lipinski definition) is 2. The summed E-state index contributed by atoms with van der Waals surface area (Å²) < 4.78 is 26.5. The maximum atomic E-state index is 13.6. The van der Waals surface area contributed by atoms with Crippen LogP contribution in [0.5, 0.6) is 0 Å². The molecule has 0 unspecified atom stereocenters. The molecule has 1 aliphatic heterocycles. The average molecular weight is 316 g/mol. The van der Waals surface area contributed by atoms with E-state index in [1.165, 1.54) is 4.90 Å². The van der Waals surface area contributed by atoms with E-state index in [9.17, 15) is 18.4 Å². The number of nitrogens with zero attached hydrogens (tertiary/aromatic N) is 1. The zero-order chi connectivity index (χ0) is 16.4. The molecule has 2 aromatic rings. The van der Waals surface area contributed by atoms with Crippen molar-refractivity contribution in [2.45, 2.75) is 6.42 Å². The lowest BCUT2D eigenvalue weighted by molar-refractivity contribution is -0.122. The average Bonchev–Trinajstić information content (AvgIpc) is 2.93. The third-order valence-corrected chi connectivity index (χ3v) is 3.75. The molecule has 1 saturated heterocycles. The van der Waals surface area contributed by atoms with Crippen LogP contribution in [0.4, 0.5) is 20.2 Å². The van der Waals surface area contributed by atoms with Crippen LogP contribution in [0.3, 0.4) is 0 Å². The monoisotopic (exact) mass is 316 g/mol. The van der Waals surface area contributed by atoms with Crippen molar-refractivity contribution in [2.24, 2.45) is 5.92 Å². The summed E-state index contributed by atoms with van der Waals surface area (Å²) in [7, 11) is 0. The Morgan fingerprint density at radius 1 is 1.13 bits per heavy atom. The zero-order valence-electron chi connectivity index (χ0n) is 12.1. The van der Waals surface area contributed by atoms with Crippen molar-refractivity contribution < 1.29 is 18.4 Å². The Bertz CT molecular complexity index is 750. The molecule has 0 spiro atoms. The molecule has 0 bridgehead atoms. The molecular weight excluding hydrogens is 302 g/mol. The molecule has 6 heteroatoms. The lowest BCUT2D eigenvalue weighted by Gasteiger charge is -2.16. The van der Waals surface area contributed by atoms with Gasteiger partial charge < -0.3 is 10.2 Å². The first-order chi connectivity index (χ1) is 11.0. The summed E-state index contributed by atoms with van der Waals surface area (Å²) in [4.78, 5) is 25.8. The minimum Gasteiger partial charge on any atom is -0.323 e. The van der Waals surface area contributed by atoms with Crippen LogP contribution in [0.15, 0.2) is 48.5 Å². The van der Waals surface area contributed by atoms with E-state index in [-0.39, 0.29) is 24.6 Å². The van der Waals surface area contributed by atoms with Crippen LogP contribution in [-0.2, 0) is 9.59 Å². The highest BCUT2D eigenvalue weighted by Gasteiger charge is 2.35. The van der Waals surface area contributed by atoms with Gasteiger partial charge in [0.1, 0.15) is 11.6 Å². The molecule has 1 N–H and O–H groups in total. The van der Waals surface area contributed by atoms with Gasteiger partial charge in [0.2, 0.25) is 11.8 Å². The van der Waals surface area contributed by atoms with Gasteiger partial charge in [-0.2, -0.15) is 0 Å². The largest absolute Gasteiger partial charge is 0.323 e. The van der Waals surface area contributed by atoms with Crippen molar-refractivity contribution in [2.75, 3.05) is 16.8 Å². The smallest absolute Gasteiger partial charge is 0.229 e. The fourth-order valence-corrected chi connectivity index (χ4v) is 2.57. The van der Waals surface area contributed by atoms with Gasteiger partial charge in [0.05, 0.1) is 11.6 Å². The Balaban J connectivity index is 1.71. The van der Waals surface area contributed by atoms with Crippen molar-refractivity contribution in [3.05, 3.63) is 60.2 Å². The quantitative estimate of drug-likeness (QED) is 0.946. The molecule has 1 heterocycles. The van der Waals surface area contributed by atoms with E-state index in [0.717, 1.165) is 17.8 Å². The van der Waals surface area contributed by atoms with Gasteiger partial charge in [-0.3, -0.25) is 9.59 Å². The first-order valence-electron chi connectivity index (χ1n) is 7.16. The number of hydrogen-bond donors (Lipinski definition) is 1. The van der Waals surface area contributed by atoms with Crippen LogP contribution in [0.25, 0.3) is 0 Å². The van der Waals surface area contributed by atoms with Crippen molar-refractivity contribution in [1.29, 1.82) is 0 Å². The summed E-state index contributed by atoms with van der Waals surface area (Å²) in [6.45, 7) is 0.234. The summed E-state index contributed by atoms with van der Waals surface area (Å²) in [5.41, 5.74) is 0.628. The van der Waals surface area contributed by atoms with E-state index in [1.807, 2.05) is 18.2 Å². The van der Waals surface area contributed by atoms with Gasteiger partial charge in [0.15, 0.2) is 0 Å². The minimum absolute atomic E-state index is 0.0591. The first kappa shape index (κ1) is 15.1. The van der Waals surface area contributed by atoms with Crippen LogP contribution in [0.2, 0.25) is 0 Å². The molecule has 3 rings (SSSR count). The van der Waals surface area contributed by atoms with Crippen LogP contribution >= 0.6 is 0 Å². The van der Waals surface area contributed by atoms with E-state index in [1.54, 1.807) is 12.1 Å². The second-order valence-corrected chi connectivity index (χ2v) is 5.35. The topological polar surface area (TPSA) is 49.4 Å². The maximum Gasteiger partial charge on any atom is 0.229 e. The highest BCUT2D eigenvalue weighted by atomic mass is 19.1. The SMILES string of the molecule is O=C(Nc1ccc(F)cc1F)[C@@H]1CC(=O)N(c2ccccc2)C1. The molecule has 1 atom stereocenters. The van der Waals surface area contributed by atoms with Crippen molar-refractivity contribution in [1.82, 2.24) is 0 Å². The van der Waals surface area contributed by atoms with Crippen LogP contribution in [0.1, 0.15) is 6.42 Å². The number of para-hydroxylation sites is 1. The summed E-state index contributed by atoms with van der Waals surface area (Å²) in [6, 6.07) is 12.0. The summed E-state index contributed by atoms with van der Waals surface area (Å²) in [6.07, 6.45) is 0.0591. The van der Waals surface area contributed by atoms with Gasteiger partial charge in [-0.05, 0) is 24.3 Å². The molecule has 2 aromatic carbocycles. The Labute approximate surface area is 131 Å². The third kappa shape index (κ3) is 3.21.